The molecule has 1 amide bonds. The fraction of sp³-hybridized carbons (Fsp3) is 0.625. The Labute approximate surface area is 120 Å². The first kappa shape index (κ1) is 13.6. The molecule has 1 aliphatic heterocycles. The fourth-order valence-corrected chi connectivity index (χ4v) is 3.73. The van der Waals surface area contributed by atoms with E-state index in [0.29, 0.717) is 12.5 Å². The van der Waals surface area contributed by atoms with Crippen LogP contribution < -0.4 is 10.6 Å². The summed E-state index contributed by atoms with van der Waals surface area (Å²) in [4.78, 5) is 17.1. The summed E-state index contributed by atoms with van der Waals surface area (Å²) in [5.41, 5.74) is 1.94. The SMILES string of the molecule is Cc1cccnc1CNC(=O)[C@@]12CCCC[C@H]1CNC2. The molecule has 4 heteroatoms. The van der Waals surface area contributed by atoms with E-state index in [0.717, 1.165) is 30.8 Å². The molecule has 1 saturated heterocycles. The van der Waals surface area contributed by atoms with Crippen LogP contribution in [0.3, 0.4) is 0 Å². The largest absolute Gasteiger partial charge is 0.350 e. The molecular weight excluding hydrogens is 250 g/mol. The maximum atomic E-state index is 12.7. The highest BCUT2D eigenvalue weighted by molar-refractivity contribution is 5.83. The maximum absolute atomic E-state index is 12.7. The van der Waals surface area contributed by atoms with Crippen LogP contribution in [-0.4, -0.2) is 24.0 Å². The molecule has 108 valence electrons. The molecule has 4 nitrogen and oxygen atoms in total. The molecule has 1 aliphatic carbocycles. The zero-order valence-corrected chi connectivity index (χ0v) is 12.1. The summed E-state index contributed by atoms with van der Waals surface area (Å²) in [7, 11) is 0. The van der Waals surface area contributed by atoms with Crippen molar-refractivity contribution < 1.29 is 4.79 Å². The highest BCUT2D eigenvalue weighted by atomic mass is 16.2. The van der Waals surface area contributed by atoms with Crippen molar-refractivity contribution in [1.82, 2.24) is 15.6 Å². The van der Waals surface area contributed by atoms with Crippen LogP contribution in [0.1, 0.15) is 36.9 Å². The predicted octanol–water partition coefficient (Wildman–Crippen LogP) is 1.79. The van der Waals surface area contributed by atoms with Gasteiger partial charge in [0.05, 0.1) is 17.7 Å². The average molecular weight is 273 g/mol. The summed E-state index contributed by atoms with van der Waals surface area (Å²) in [6, 6.07) is 3.96. The van der Waals surface area contributed by atoms with Crippen molar-refractivity contribution in [3.8, 4) is 0 Å². The fourth-order valence-electron chi connectivity index (χ4n) is 3.73. The van der Waals surface area contributed by atoms with Gasteiger partial charge in [0.15, 0.2) is 0 Å². The van der Waals surface area contributed by atoms with Crippen molar-refractivity contribution in [2.24, 2.45) is 11.3 Å². The molecule has 1 aromatic rings. The van der Waals surface area contributed by atoms with Gasteiger partial charge in [-0.25, -0.2) is 0 Å². The summed E-state index contributed by atoms with van der Waals surface area (Å²) in [6.07, 6.45) is 6.43. The standard InChI is InChI=1S/C16H23N3O/c1-12-5-4-8-18-14(12)10-19-15(20)16-7-3-2-6-13(16)9-17-11-16/h4-5,8,13,17H,2-3,6-7,9-11H2,1H3,(H,19,20)/t13-,16+/m0/s1. The van der Waals surface area contributed by atoms with E-state index in [1.54, 1.807) is 6.20 Å². The molecule has 3 rings (SSSR count). The van der Waals surface area contributed by atoms with Gasteiger partial charge < -0.3 is 10.6 Å². The van der Waals surface area contributed by atoms with Crippen molar-refractivity contribution in [1.29, 1.82) is 0 Å². The van der Waals surface area contributed by atoms with E-state index in [4.69, 9.17) is 0 Å². The van der Waals surface area contributed by atoms with Crippen molar-refractivity contribution >= 4 is 5.91 Å². The van der Waals surface area contributed by atoms with Crippen LogP contribution >= 0.6 is 0 Å². The highest BCUT2D eigenvalue weighted by Gasteiger charge is 2.49. The number of amides is 1. The molecule has 2 N–H and O–H groups in total. The summed E-state index contributed by atoms with van der Waals surface area (Å²) >= 11 is 0. The molecule has 0 spiro atoms. The second-order valence-corrected chi connectivity index (χ2v) is 6.18. The number of aryl methyl sites for hydroxylation is 1. The van der Waals surface area contributed by atoms with Gasteiger partial charge in [0.1, 0.15) is 0 Å². The van der Waals surface area contributed by atoms with Crippen molar-refractivity contribution in [3.63, 3.8) is 0 Å². The number of aromatic nitrogens is 1. The molecular formula is C16H23N3O. The normalized spacial score (nSPS) is 28.9. The first-order valence-electron chi connectivity index (χ1n) is 7.62. The van der Waals surface area contributed by atoms with Gasteiger partial charge in [-0.15, -0.1) is 0 Å². The van der Waals surface area contributed by atoms with Crippen molar-refractivity contribution in [2.45, 2.75) is 39.2 Å². The Balaban J connectivity index is 1.68. The van der Waals surface area contributed by atoms with Crippen molar-refractivity contribution in [2.75, 3.05) is 13.1 Å². The molecule has 20 heavy (non-hydrogen) atoms. The first-order valence-corrected chi connectivity index (χ1v) is 7.62. The Bertz CT molecular complexity index is 502. The molecule has 1 aromatic heterocycles. The lowest BCUT2D eigenvalue weighted by molar-refractivity contribution is -0.134. The molecule has 0 aromatic carbocycles. The van der Waals surface area contributed by atoms with E-state index in [1.165, 1.54) is 19.3 Å². The summed E-state index contributed by atoms with van der Waals surface area (Å²) in [6.45, 7) is 4.41. The summed E-state index contributed by atoms with van der Waals surface area (Å²) in [5, 5.41) is 6.55. The Morgan fingerprint density at radius 2 is 2.45 bits per heavy atom. The number of carbonyl (C=O) groups is 1. The van der Waals surface area contributed by atoms with Crippen molar-refractivity contribution in [3.05, 3.63) is 29.6 Å². The van der Waals surface area contributed by atoms with E-state index >= 15 is 0 Å². The summed E-state index contributed by atoms with van der Waals surface area (Å²) in [5.74, 6) is 0.735. The Morgan fingerprint density at radius 3 is 3.30 bits per heavy atom. The predicted molar refractivity (Wildman–Crippen MR) is 78.1 cm³/mol. The third kappa shape index (κ3) is 2.33. The van der Waals surface area contributed by atoms with Crippen LogP contribution in [0.4, 0.5) is 0 Å². The van der Waals surface area contributed by atoms with Gasteiger partial charge in [-0.2, -0.15) is 0 Å². The summed E-state index contributed by atoms with van der Waals surface area (Å²) < 4.78 is 0. The zero-order valence-electron chi connectivity index (χ0n) is 12.1. The number of carbonyl (C=O) groups excluding carboxylic acids is 1. The minimum atomic E-state index is -0.166. The van der Waals surface area contributed by atoms with Crippen LogP contribution in [0.2, 0.25) is 0 Å². The number of hydrogen-bond acceptors (Lipinski definition) is 3. The number of nitrogens with zero attached hydrogens (tertiary/aromatic N) is 1. The molecule has 0 bridgehead atoms. The molecule has 2 fully saturated rings. The van der Waals surface area contributed by atoms with E-state index < -0.39 is 0 Å². The van der Waals surface area contributed by atoms with Gasteiger partial charge in [0, 0.05) is 12.7 Å². The Hall–Kier alpha value is -1.42. The molecule has 2 atom stereocenters. The van der Waals surface area contributed by atoms with Crippen LogP contribution in [0.5, 0.6) is 0 Å². The van der Waals surface area contributed by atoms with E-state index in [1.807, 2.05) is 19.1 Å². The molecule has 1 saturated carbocycles. The van der Waals surface area contributed by atoms with Crippen LogP contribution in [-0.2, 0) is 11.3 Å². The van der Waals surface area contributed by atoms with Crippen LogP contribution in [0, 0.1) is 18.3 Å². The second kappa shape index (κ2) is 5.52. The van der Waals surface area contributed by atoms with E-state index in [2.05, 4.69) is 15.6 Å². The number of fused-ring (bicyclic) bond motifs is 1. The average Bonchev–Trinajstić information content (AvgIpc) is 2.91. The quantitative estimate of drug-likeness (QED) is 0.883. The van der Waals surface area contributed by atoms with Gasteiger partial charge >= 0.3 is 0 Å². The molecule has 0 unspecified atom stereocenters. The van der Waals surface area contributed by atoms with Gasteiger partial charge in [0.25, 0.3) is 0 Å². The minimum absolute atomic E-state index is 0.166. The molecule has 2 aliphatic rings. The number of pyridine rings is 1. The second-order valence-electron chi connectivity index (χ2n) is 6.18. The van der Waals surface area contributed by atoms with Crippen LogP contribution in [0.15, 0.2) is 18.3 Å². The maximum Gasteiger partial charge on any atom is 0.228 e. The van der Waals surface area contributed by atoms with Gasteiger partial charge in [-0.3, -0.25) is 9.78 Å². The van der Waals surface area contributed by atoms with Crippen LogP contribution in [0.25, 0.3) is 0 Å². The first-order chi connectivity index (χ1) is 9.72. The lowest BCUT2D eigenvalue weighted by atomic mass is 9.67. The Kier molecular flexibility index (Phi) is 3.74. The third-order valence-electron chi connectivity index (χ3n) is 5.02. The topological polar surface area (TPSA) is 54.0 Å². The smallest absolute Gasteiger partial charge is 0.228 e. The number of rotatable bonds is 3. The lowest BCUT2D eigenvalue weighted by Gasteiger charge is -2.37. The van der Waals surface area contributed by atoms with Gasteiger partial charge in [-0.05, 0) is 43.9 Å². The molecule has 2 heterocycles. The number of hydrogen-bond donors (Lipinski definition) is 2. The lowest BCUT2D eigenvalue weighted by Crippen LogP contribution is -2.47. The van der Waals surface area contributed by atoms with Gasteiger partial charge in [0.2, 0.25) is 5.91 Å². The highest BCUT2D eigenvalue weighted by Crippen LogP contribution is 2.43. The Morgan fingerprint density at radius 1 is 1.55 bits per heavy atom. The van der Waals surface area contributed by atoms with Gasteiger partial charge in [-0.1, -0.05) is 18.9 Å². The molecule has 0 radical (unpaired) electrons. The van der Waals surface area contributed by atoms with E-state index in [9.17, 15) is 4.79 Å². The van der Waals surface area contributed by atoms with E-state index in [-0.39, 0.29) is 11.3 Å². The minimum Gasteiger partial charge on any atom is -0.350 e. The number of nitrogens with one attached hydrogen (secondary N) is 2. The monoisotopic (exact) mass is 273 g/mol. The third-order valence-corrected chi connectivity index (χ3v) is 5.02. The zero-order chi connectivity index (χ0) is 14.0.